The van der Waals surface area contributed by atoms with Crippen LogP contribution in [0.3, 0.4) is 0 Å². The molecule has 6 aliphatic rings. The second kappa shape index (κ2) is 12.3. The second-order valence-corrected chi connectivity index (χ2v) is 12.1. The second-order valence-electron chi connectivity index (χ2n) is 11.4. The van der Waals surface area contributed by atoms with Crippen LogP contribution in [0.4, 0.5) is 0 Å². The van der Waals surface area contributed by atoms with Crippen LogP contribution in [0.15, 0.2) is 87.6 Å². The van der Waals surface area contributed by atoms with Gasteiger partial charge in [-0.05, 0) is 123 Å². The van der Waals surface area contributed by atoms with Gasteiger partial charge in [0.25, 0.3) is 0 Å². The van der Waals surface area contributed by atoms with Crippen molar-refractivity contribution >= 4 is 11.3 Å². The number of allylic oxidation sites excluding steroid dienone is 6. The van der Waals surface area contributed by atoms with Gasteiger partial charge in [0.1, 0.15) is 36.1 Å². The molecule has 2 heterocycles. The minimum atomic E-state index is -4.94. The maximum absolute atomic E-state index is 8.49. The molecule has 0 bridgehead atoms. The summed E-state index contributed by atoms with van der Waals surface area (Å²) < 4.78 is 49.9. The molecule has 1 aromatic rings. The van der Waals surface area contributed by atoms with Crippen LogP contribution in [0.2, 0.25) is 0 Å². The average molecular weight is 602 g/mol. The lowest BCUT2D eigenvalue weighted by Crippen LogP contribution is -2.68. The van der Waals surface area contributed by atoms with Gasteiger partial charge in [0.15, 0.2) is 0 Å². The largest absolute Gasteiger partial charge is 0.456 e. The number of rotatable bonds is 3. The summed E-state index contributed by atoms with van der Waals surface area (Å²) >= 11 is 0. The van der Waals surface area contributed by atoms with Crippen LogP contribution >= 0.6 is 0 Å². The van der Waals surface area contributed by atoms with Crippen LogP contribution in [-0.2, 0) is 17.6 Å². The molecule has 0 amide bonds. The van der Waals surface area contributed by atoms with E-state index in [-0.39, 0.29) is 0 Å². The van der Waals surface area contributed by atoms with E-state index in [0.29, 0.717) is 0 Å². The highest BCUT2D eigenvalue weighted by atomic mass is 35.7. The Hall–Kier alpha value is -3.46. The fourth-order valence-corrected chi connectivity index (χ4v) is 6.73. The summed E-state index contributed by atoms with van der Waals surface area (Å²) in [6, 6.07) is 17.8. The summed E-state index contributed by atoms with van der Waals surface area (Å²) in [4.78, 5) is 0. The summed E-state index contributed by atoms with van der Waals surface area (Å²) in [5.41, 5.74) is 10.6. The first-order valence-electron chi connectivity index (χ1n) is 15.1. The van der Waals surface area contributed by atoms with E-state index in [4.69, 9.17) is 27.8 Å². The maximum Gasteiger partial charge on any atom is 0.203 e. The maximum atomic E-state index is 8.49. The van der Waals surface area contributed by atoms with Crippen molar-refractivity contribution in [1.82, 2.24) is 4.58 Å². The molecule has 1 aromatic carbocycles. The molecule has 0 atom stereocenters. The quantitative estimate of drug-likeness (QED) is 0.426. The summed E-state index contributed by atoms with van der Waals surface area (Å²) in [6.07, 6.45) is 13.6. The zero-order chi connectivity index (χ0) is 30.1. The van der Waals surface area contributed by atoms with E-state index in [0.717, 1.165) is 81.1 Å². The topological polar surface area (TPSA) is 118 Å². The Labute approximate surface area is 254 Å². The van der Waals surface area contributed by atoms with E-state index in [1.165, 1.54) is 56.3 Å². The fourth-order valence-electron chi connectivity index (χ4n) is 6.73. The van der Waals surface area contributed by atoms with Crippen molar-refractivity contribution in [2.45, 2.75) is 65.2 Å². The molecule has 0 fully saturated rings. The molecule has 7 rings (SSSR count). The standard InChI is InChI=1S/C35H36NO2.ClHO4/c1-3-36(4-2)30-18-17-24-19-25-10-7-11-26(33(25)37-32(24)22-30)20-27-12-8-13-28-21-29-16-15-23-9-5-6-14-31(23)35(29)38-34(27)28;2-1(3,4)5/h5-6,9,14,17-22H,3-4,7-8,10-13,15-16H2,1-2H3;(H,2,3,4,5)/q+1;/p-1/b26-20+;. The highest BCUT2D eigenvalue weighted by Gasteiger charge is 2.30. The molecule has 224 valence electrons. The number of hydrogen-bond donors (Lipinski definition) is 0. The first-order chi connectivity index (χ1) is 20.7. The number of fused-ring (bicyclic) bond motifs is 5. The number of benzene rings is 2. The SMILES string of the molecule is CC[N+](CC)=c1ccc2cc3c(oc-2c1)/C(=C/C1=C2OC4=C(C=C2CCC1)CCc1ccccc14)CCC3.[O-][Cl+3]([O-])([O-])[O-]. The van der Waals surface area contributed by atoms with Gasteiger partial charge in [-0.1, -0.05) is 24.3 Å². The Morgan fingerprint density at radius 1 is 0.814 bits per heavy atom. The van der Waals surface area contributed by atoms with Crippen LogP contribution < -0.4 is 28.6 Å². The predicted molar refractivity (Wildman–Crippen MR) is 154 cm³/mol. The van der Waals surface area contributed by atoms with Gasteiger partial charge in [-0.2, -0.15) is 0 Å². The zero-order valence-corrected chi connectivity index (χ0v) is 25.4. The van der Waals surface area contributed by atoms with Crippen molar-refractivity contribution in [2.75, 3.05) is 13.1 Å². The number of hydrogen-bond acceptors (Lipinski definition) is 6. The summed E-state index contributed by atoms with van der Waals surface area (Å²) in [5.74, 6) is 4.22. The van der Waals surface area contributed by atoms with Crippen molar-refractivity contribution in [3.05, 3.63) is 111 Å². The molecule has 0 saturated heterocycles. The van der Waals surface area contributed by atoms with Gasteiger partial charge in [0, 0.05) is 17.2 Å². The van der Waals surface area contributed by atoms with E-state index in [1.54, 1.807) is 0 Å². The summed E-state index contributed by atoms with van der Waals surface area (Å²) in [6.45, 7) is 6.40. The molecule has 2 aliphatic heterocycles. The molecule has 0 N–H and O–H groups in total. The fraction of sp³-hybridized carbons (Fsp3) is 0.343. The Morgan fingerprint density at radius 3 is 2.37 bits per heavy atom. The molecular formula is C35H36ClNO6. The van der Waals surface area contributed by atoms with Gasteiger partial charge >= 0.3 is 0 Å². The highest BCUT2D eigenvalue weighted by molar-refractivity contribution is 5.76. The summed E-state index contributed by atoms with van der Waals surface area (Å²) in [5, 5.41) is 1.23. The molecule has 0 unspecified atom stereocenters. The lowest BCUT2D eigenvalue weighted by molar-refractivity contribution is -2.00. The van der Waals surface area contributed by atoms with Gasteiger partial charge in [0.2, 0.25) is 5.36 Å². The molecule has 7 nitrogen and oxygen atoms in total. The van der Waals surface area contributed by atoms with E-state index in [1.807, 2.05) is 0 Å². The van der Waals surface area contributed by atoms with Crippen molar-refractivity contribution in [2.24, 2.45) is 0 Å². The Morgan fingerprint density at radius 2 is 1.58 bits per heavy atom. The van der Waals surface area contributed by atoms with Crippen LogP contribution in [0.5, 0.6) is 0 Å². The summed E-state index contributed by atoms with van der Waals surface area (Å²) in [7, 11) is -4.94. The Kier molecular flexibility index (Phi) is 8.45. The molecule has 0 radical (unpaired) electrons. The third-order valence-corrected chi connectivity index (χ3v) is 8.74. The number of nitrogens with zero attached hydrogens (tertiary/aromatic N) is 1. The molecular weight excluding hydrogens is 566 g/mol. The van der Waals surface area contributed by atoms with Crippen LogP contribution in [0.25, 0.3) is 22.7 Å². The minimum Gasteiger partial charge on any atom is -0.456 e. The van der Waals surface area contributed by atoms with Crippen LogP contribution in [-0.4, -0.2) is 13.1 Å². The van der Waals surface area contributed by atoms with Gasteiger partial charge < -0.3 is 9.15 Å². The number of aryl methyl sites for hydroxylation is 2. The van der Waals surface area contributed by atoms with Crippen molar-refractivity contribution in [3.8, 4) is 11.3 Å². The third kappa shape index (κ3) is 6.42. The van der Waals surface area contributed by atoms with Crippen molar-refractivity contribution < 1.29 is 38.0 Å². The molecule has 43 heavy (non-hydrogen) atoms. The lowest BCUT2D eigenvalue weighted by atomic mass is 9.83. The van der Waals surface area contributed by atoms with Crippen molar-refractivity contribution in [3.63, 3.8) is 0 Å². The van der Waals surface area contributed by atoms with E-state index >= 15 is 0 Å². The van der Waals surface area contributed by atoms with Crippen molar-refractivity contribution in [1.29, 1.82) is 0 Å². The molecule has 0 saturated carbocycles. The molecule has 0 spiro atoms. The van der Waals surface area contributed by atoms with Crippen LogP contribution in [0, 0.1) is 10.2 Å². The van der Waals surface area contributed by atoms with Gasteiger partial charge in [0.05, 0.1) is 6.07 Å². The first kappa shape index (κ1) is 29.6. The van der Waals surface area contributed by atoms with Gasteiger partial charge in [-0.3, -0.25) is 0 Å². The highest BCUT2D eigenvalue weighted by Crippen LogP contribution is 2.45. The first-order valence-corrected chi connectivity index (χ1v) is 16.4. The monoisotopic (exact) mass is 601 g/mol. The predicted octanol–water partition coefficient (Wildman–Crippen LogP) is 2.91. The number of ether oxygens (including phenoxy) is 1. The van der Waals surface area contributed by atoms with E-state index < -0.39 is 10.2 Å². The molecule has 0 aromatic heterocycles. The lowest BCUT2D eigenvalue weighted by Gasteiger charge is -2.32. The smallest absolute Gasteiger partial charge is 0.203 e. The Bertz CT molecular complexity index is 1710. The minimum absolute atomic E-state index is 0.977. The average Bonchev–Trinajstić information content (AvgIpc) is 2.99. The molecule has 4 aliphatic carbocycles. The molecule has 8 heteroatoms. The Balaban J connectivity index is 0.000000611. The normalized spacial score (nSPS) is 18.6. The van der Waals surface area contributed by atoms with Gasteiger partial charge in [-0.15, -0.1) is 10.2 Å². The third-order valence-electron chi connectivity index (χ3n) is 8.74. The number of halogens is 1. The van der Waals surface area contributed by atoms with Gasteiger partial charge in [-0.25, -0.2) is 23.2 Å². The van der Waals surface area contributed by atoms with Crippen LogP contribution in [0.1, 0.15) is 74.8 Å². The zero-order valence-electron chi connectivity index (χ0n) is 24.6. The van der Waals surface area contributed by atoms with E-state index in [9.17, 15) is 0 Å². The van der Waals surface area contributed by atoms with E-state index in [2.05, 4.69) is 79.1 Å².